The number of carbonyl (C=O) groups is 1. The monoisotopic (exact) mass is 385 g/mol. The van der Waals surface area contributed by atoms with Crippen molar-refractivity contribution >= 4 is 50.8 Å². The van der Waals surface area contributed by atoms with Crippen LogP contribution in [0.4, 0.5) is 5.69 Å². The van der Waals surface area contributed by atoms with E-state index < -0.39 is 15.9 Å². The van der Waals surface area contributed by atoms with Gasteiger partial charge in [-0.3, -0.25) is 9.10 Å². The molecule has 128 valence electrons. The van der Waals surface area contributed by atoms with Gasteiger partial charge in [-0.05, 0) is 36.1 Å². The Labute approximate surface area is 149 Å². The van der Waals surface area contributed by atoms with Gasteiger partial charge in [-0.1, -0.05) is 23.7 Å². The molecule has 0 atom stereocenters. The second kappa shape index (κ2) is 7.78. The van der Waals surface area contributed by atoms with E-state index in [9.17, 15) is 13.2 Å². The summed E-state index contributed by atoms with van der Waals surface area (Å²) in [5.74, 6) is -0.551. The number of benzene rings is 1. The number of halogens is 1. The Hall–Kier alpha value is -1.90. The molecule has 0 aliphatic carbocycles. The second-order valence-corrected chi connectivity index (χ2v) is 8.31. The molecule has 1 heterocycles. The first kappa shape index (κ1) is 18.4. The van der Waals surface area contributed by atoms with Crippen LogP contribution in [0.1, 0.15) is 10.4 Å². The van der Waals surface area contributed by atoms with Gasteiger partial charge in [-0.15, -0.1) is 11.3 Å². The molecule has 0 radical (unpaired) electrons. The van der Waals surface area contributed by atoms with E-state index in [0.29, 0.717) is 10.7 Å². The Bertz CT molecular complexity index is 849. The van der Waals surface area contributed by atoms with Crippen molar-refractivity contribution in [1.29, 1.82) is 0 Å². The van der Waals surface area contributed by atoms with Crippen LogP contribution < -0.4 is 9.73 Å². The fraction of sp³-hybridized carbons (Fsp3) is 0.200. The normalized spacial score (nSPS) is 11.6. The minimum Gasteiger partial charge on any atom is -0.271 e. The molecule has 1 amide bonds. The van der Waals surface area contributed by atoms with Crippen molar-refractivity contribution in [3.63, 3.8) is 0 Å². The Balaban J connectivity index is 2.11. The summed E-state index contributed by atoms with van der Waals surface area (Å²) in [6.45, 7) is 1.42. The fourth-order valence-corrected chi connectivity index (χ4v) is 3.44. The molecule has 0 fully saturated rings. The van der Waals surface area contributed by atoms with Crippen molar-refractivity contribution in [3.8, 4) is 0 Å². The van der Waals surface area contributed by atoms with Crippen molar-refractivity contribution in [1.82, 2.24) is 5.43 Å². The van der Waals surface area contributed by atoms with Gasteiger partial charge >= 0.3 is 0 Å². The lowest BCUT2D eigenvalue weighted by Crippen LogP contribution is -2.39. The zero-order chi connectivity index (χ0) is 17.7. The molecule has 0 aliphatic heterocycles. The minimum absolute atomic E-state index is 0.325. The number of amides is 1. The number of sulfonamides is 1. The van der Waals surface area contributed by atoms with Crippen LogP contribution in [-0.2, 0) is 14.8 Å². The van der Waals surface area contributed by atoms with E-state index in [1.54, 1.807) is 12.1 Å². The summed E-state index contributed by atoms with van der Waals surface area (Å²) in [6, 6.07) is 8.52. The van der Waals surface area contributed by atoms with Gasteiger partial charge in [-0.2, -0.15) is 5.10 Å². The number of rotatable bonds is 6. The number of nitrogens with one attached hydrogen (secondary N) is 1. The number of aryl methyl sites for hydroxylation is 1. The Morgan fingerprint density at radius 2 is 2.17 bits per heavy atom. The molecule has 2 aromatic rings. The number of hydrazone groups is 1. The van der Waals surface area contributed by atoms with Crippen LogP contribution >= 0.6 is 22.9 Å². The highest BCUT2D eigenvalue weighted by Crippen LogP contribution is 2.24. The van der Waals surface area contributed by atoms with Gasteiger partial charge < -0.3 is 0 Å². The highest BCUT2D eigenvalue weighted by atomic mass is 35.5. The highest BCUT2D eigenvalue weighted by molar-refractivity contribution is 7.92. The van der Waals surface area contributed by atoms with Gasteiger partial charge in [0.15, 0.2) is 0 Å². The number of hydrogen-bond acceptors (Lipinski definition) is 5. The smallest absolute Gasteiger partial charge is 0.260 e. The molecule has 0 bridgehead atoms. The quantitative estimate of drug-likeness (QED) is 0.613. The SMILES string of the molecule is Cc1ccc(N(CC(=O)N/N=C\c2cccs2)S(C)(=O)=O)cc1Cl. The minimum atomic E-state index is -3.65. The first-order chi connectivity index (χ1) is 11.3. The molecule has 0 aliphatic rings. The van der Waals surface area contributed by atoms with Gasteiger partial charge in [0.2, 0.25) is 10.0 Å². The maximum absolute atomic E-state index is 12.0. The van der Waals surface area contributed by atoms with E-state index in [0.717, 1.165) is 21.0 Å². The third-order valence-corrected chi connectivity index (χ3v) is 5.41. The highest BCUT2D eigenvalue weighted by Gasteiger charge is 2.21. The van der Waals surface area contributed by atoms with E-state index in [2.05, 4.69) is 10.5 Å². The maximum Gasteiger partial charge on any atom is 0.260 e. The van der Waals surface area contributed by atoms with Crippen molar-refractivity contribution in [3.05, 3.63) is 51.2 Å². The molecule has 9 heteroatoms. The second-order valence-electron chi connectivity index (χ2n) is 5.01. The lowest BCUT2D eigenvalue weighted by Gasteiger charge is -2.21. The topological polar surface area (TPSA) is 78.8 Å². The summed E-state index contributed by atoms with van der Waals surface area (Å²) in [6.07, 6.45) is 2.53. The summed E-state index contributed by atoms with van der Waals surface area (Å²) in [5.41, 5.74) is 3.46. The largest absolute Gasteiger partial charge is 0.271 e. The van der Waals surface area contributed by atoms with Crippen molar-refractivity contribution in [2.45, 2.75) is 6.92 Å². The van der Waals surface area contributed by atoms with Crippen molar-refractivity contribution in [2.24, 2.45) is 5.10 Å². The molecule has 6 nitrogen and oxygen atoms in total. The summed E-state index contributed by atoms with van der Waals surface area (Å²) in [5, 5.41) is 6.13. The van der Waals surface area contributed by atoms with Crippen LogP contribution in [0.25, 0.3) is 0 Å². The Morgan fingerprint density at radius 1 is 1.42 bits per heavy atom. The molecule has 1 aromatic carbocycles. The summed E-state index contributed by atoms with van der Waals surface area (Å²) >= 11 is 7.51. The number of anilines is 1. The molecule has 2 rings (SSSR count). The zero-order valence-electron chi connectivity index (χ0n) is 13.1. The van der Waals surface area contributed by atoms with E-state index in [1.807, 2.05) is 24.4 Å². The van der Waals surface area contributed by atoms with Crippen LogP contribution in [0.3, 0.4) is 0 Å². The molecule has 0 saturated carbocycles. The zero-order valence-corrected chi connectivity index (χ0v) is 15.5. The van der Waals surface area contributed by atoms with Crippen LogP contribution in [0.15, 0.2) is 40.8 Å². The summed E-state index contributed by atoms with van der Waals surface area (Å²) in [4.78, 5) is 12.9. The number of nitrogens with zero attached hydrogens (tertiary/aromatic N) is 2. The van der Waals surface area contributed by atoms with E-state index in [-0.39, 0.29) is 6.54 Å². The number of thiophene rings is 1. The molecule has 0 unspecified atom stereocenters. The average molecular weight is 386 g/mol. The van der Waals surface area contributed by atoms with Crippen molar-refractivity contribution < 1.29 is 13.2 Å². The van der Waals surface area contributed by atoms with Crippen LogP contribution in [0.2, 0.25) is 5.02 Å². The summed E-state index contributed by atoms with van der Waals surface area (Å²) < 4.78 is 25.0. The molecule has 0 saturated heterocycles. The van der Waals surface area contributed by atoms with E-state index >= 15 is 0 Å². The average Bonchev–Trinajstić information content (AvgIpc) is 3.00. The molecule has 0 spiro atoms. The van der Waals surface area contributed by atoms with E-state index in [1.165, 1.54) is 23.6 Å². The molecular formula is C15H16ClN3O3S2. The number of carbonyl (C=O) groups excluding carboxylic acids is 1. The van der Waals surface area contributed by atoms with Crippen LogP contribution in [0.5, 0.6) is 0 Å². The first-order valence-electron chi connectivity index (χ1n) is 6.86. The predicted molar refractivity (Wildman–Crippen MR) is 98.4 cm³/mol. The van der Waals surface area contributed by atoms with Gasteiger partial charge in [-0.25, -0.2) is 13.8 Å². The van der Waals surface area contributed by atoms with Gasteiger partial charge in [0.05, 0.1) is 18.2 Å². The lowest BCUT2D eigenvalue weighted by atomic mass is 10.2. The third-order valence-electron chi connectivity index (χ3n) is 3.06. The third kappa shape index (κ3) is 5.05. The van der Waals surface area contributed by atoms with Crippen LogP contribution in [-0.4, -0.2) is 33.3 Å². The fourth-order valence-electron chi connectivity index (χ4n) is 1.84. The molecule has 24 heavy (non-hydrogen) atoms. The molecular weight excluding hydrogens is 370 g/mol. The lowest BCUT2D eigenvalue weighted by molar-refractivity contribution is -0.119. The maximum atomic E-state index is 12.0. The summed E-state index contributed by atoms with van der Waals surface area (Å²) in [7, 11) is -3.65. The van der Waals surface area contributed by atoms with Gasteiger partial charge in [0, 0.05) is 9.90 Å². The van der Waals surface area contributed by atoms with Gasteiger partial charge in [0.1, 0.15) is 6.54 Å². The predicted octanol–water partition coefficient (Wildman–Crippen LogP) is 2.63. The standard InChI is InChI=1S/C15H16ClN3O3S2/c1-11-5-6-12(8-14(11)16)19(24(2,21)22)10-15(20)18-17-9-13-4-3-7-23-13/h3-9H,10H2,1-2H3,(H,18,20)/b17-9-. The Kier molecular flexibility index (Phi) is 5.98. The molecule has 1 N–H and O–H groups in total. The van der Waals surface area contributed by atoms with Crippen LogP contribution in [0, 0.1) is 6.92 Å². The first-order valence-corrected chi connectivity index (χ1v) is 9.97. The van der Waals surface area contributed by atoms with E-state index in [4.69, 9.17) is 11.6 Å². The van der Waals surface area contributed by atoms with Gasteiger partial charge in [0.25, 0.3) is 5.91 Å². The number of hydrogen-bond donors (Lipinski definition) is 1. The van der Waals surface area contributed by atoms with Crippen molar-refractivity contribution in [2.75, 3.05) is 17.1 Å². The Morgan fingerprint density at radius 3 is 2.75 bits per heavy atom. The molecule has 1 aromatic heterocycles.